The number of carbonyl (C=O) groups is 2. The zero-order chi connectivity index (χ0) is 14.6. The Kier molecular flexibility index (Phi) is 4.99. The molecule has 8 heteroatoms. The standard InChI is InChI=1S/C11H11BrN2O5/c1-6(11(16)19-2)13-10(15)7-3-4-8(12)9(5-7)14(17)18/h3-6H,1-2H3,(H,13,15). The van der Waals surface area contributed by atoms with E-state index in [9.17, 15) is 19.7 Å². The zero-order valence-electron chi connectivity index (χ0n) is 10.2. The van der Waals surface area contributed by atoms with Crippen LogP contribution in [0.1, 0.15) is 17.3 Å². The topological polar surface area (TPSA) is 98.5 Å². The molecule has 0 radical (unpaired) electrons. The first-order valence-electron chi connectivity index (χ1n) is 5.19. The molecule has 1 aromatic rings. The molecule has 0 aliphatic rings. The van der Waals surface area contributed by atoms with Crippen LogP contribution in [-0.2, 0) is 9.53 Å². The summed E-state index contributed by atoms with van der Waals surface area (Å²) in [4.78, 5) is 33.1. The number of nitrogens with zero attached hydrogens (tertiary/aromatic N) is 1. The second kappa shape index (κ2) is 6.28. The largest absolute Gasteiger partial charge is 0.467 e. The lowest BCUT2D eigenvalue weighted by molar-refractivity contribution is -0.385. The van der Waals surface area contributed by atoms with Gasteiger partial charge in [0.15, 0.2) is 0 Å². The number of rotatable bonds is 4. The normalized spacial score (nSPS) is 11.5. The van der Waals surface area contributed by atoms with Crippen LogP contribution in [0, 0.1) is 10.1 Å². The maximum Gasteiger partial charge on any atom is 0.328 e. The van der Waals surface area contributed by atoms with Gasteiger partial charge in [0.25, 0.3) is 11.6 Å². The van der Waals surface area contributed by atoms with E-state index >= 15 is 0 Å². The average Bonchev–Trinajstić information content (AvgIpc) is 2.37. The Hall–Kier alpha value is -1.96. The fourth-order valence-electron chi connectivity index (χ4n) is 1.31. The van der Waals surface area contributed by atoms with Crippen molar-refractivity contribution in [2.24, 2.45) is 0 Å². The number of benzene rings is 1. The lowest BCUT2D eigenvalue weighted by Crippen LogP contribution is -2.39. The van der Waals surface area contributed by atoms with E-state index in [1.54, 1.807) is 0 Å². The van der Waals surface area contributed by atoms with E-state index in [1.807, 2.05) is 0 Å². The van der Waals surface area contributed by atoms with E-state index < -0.39 is 22.8 Å². The van der Waals surface area contributed by atoms with Gasteiger partial charge in [-0.2, -0.15) is 0 Å². The third-order valence-corrected chi connectivity index (χ3v) is 2.98. The van der Waals surface area contributed by atoms with E-state index in [-0.39, 0.29) is 15.7 Å². The van der Waals surface area contributed by atoms with E-state index in [0.29, 0.717) is 0 Å². The highest BCUT2D eigenvalue weighted by atomic mass is 79.9. The number of amides is 1. The number of nitro groups is 1. The third-order valence-electron chi connectivity index (χ3n) is 2.31. The molecule has 1 N–H and O–H groups in total. The van der Waals surface area contributed by atoms with E-state index in [2.05, 4.69) is 26.0 Å². The van der Waals surface area contributed by atoms with Crippen molar-refractivity contribution < 1.29 is 19.2 Å². The van der Waals surface area contributed by atoms with Gasteiger partial charge >= 0.3 is 5.97 Å². The number of halogens is 1. The minimum atomic E-state index is -0.833. The van der Waals surface area contributed by atoms with Gasteiger partial charge in [-0.25, -0.2) is 4.79 Å². The molecule has 1 aromatic carbocycles. The lowest BCUT2D eigenvalue weighted by Gasteiger charge is -2.11. The van der Waals surface area contributed by atoms with Crippen molar-refractivity contribution in [1.82, 2.24) is 5.32 Å². The molecular formula is C11H11BrN2O5. The molecule has 0 aromatic heterocycles. The van der Waals surface area contributed by atoms with Gasteiger partial charge in [0.1, 0.15) is 6.04 Å². The number of carbonyl (C=O) groups excluding carboxylic acids is 2. The smallest absolute Gasteiger partial charge is 0.328 e. The summed E-state index contributed by atoms with van der Waals surface area (Å²) in [5.74, 6) is -1.19. The van der Waals surface area contributed by atoms with Gasteiger partial charge in [-0.1, -0.05) is 0 Å². The molecule has 7 nitrogen and oxygen atoms in total. The number of nitro benzene ring substituents is 1. The maximum absolute atomic E-state index is 11.8. The molecule has 0 heterocycles. The Morgan fingerprint density at radius 1 is 1.47 bits per heavy atom. The van der Waals surface area contributed by atoms with E-state index in [4.69, 9.17) is 0 Å². The summed E-state index contributed by atoms with van der Waals surface area (Å²) in [7, 11) is 1.20. The molecule has 0 aliphatic carbocycles. The van der Waals surface area contributed by atoms with E-state index in [0.717, 1.165) is 6.07 Å². The minimum absolute atomic E-state index is 0.0886. The van der Waals surface area contributed by atoms with Crippen molar-refractivity contribution in [2.75, 3.05) is 7.11 Å². The van der Waals surface area contributed by atoms with Gasteiger partial charge in [-0.05, 0) is 35.0 Å². The first-order chi connectivity index (χ1) is 8.86. The van der Waals surface area contributed by atoms with Gasteiger partial charge in [0, 0.05) is 11.6 Å². The highest BCUT2D eigenvalue weighted by Crippen LogP contribution is 2.25. The predicted molar refractivity (Wildman–Crippen MR) is 69.7 cm³/mol. The molecule has 19 heavy (non-hydrogen) atoms. The zero-order valence-corrected chi connectivity index (χ0v) is 11.8. The van der Waals surface area contributed by atoms with Crippen molar-refractivity contribution in [3.05, 3.63) is 38.3 Å². The molecule has 0 saturated heterocycles. The molecule has 0 aliphatic heterocycles. The van der Waals surface area contributed by atoms with Crippen LogP contribution >= 0.6 is 15.9 Å². The van der Waals surface area contributed by atoms with Crippen molar-refractivity contribution in [1.29, 1.82) is 0 Å². The summed E-state index contributed by atoms with van der Waals surface area (Å²) < 4.78 is 4.73. The summed E-state index contributed by atoms with van der Waals surface area (Å²) >= 11 is 3.02. The second-order valence-corrected chi connectivity index (χ2v) is 4.50. The van der Waals surface area contributed by atoms with Crippen LogP contribution in [0.5, 0.6) is 0 Å². The van der Waals surface area contributed by atoms with Gasteiger partial charge in [0.05, 0.1) is 16.5 Å². The van der Waals surface area contributed by atoms with Gasteiger partial charge < -0.3 is 10.1 Å². The number of esters is 1. The van der Waals surface area contributed by atoms with Crippen LogP contribution in [0.15, 0.2) is 22.7 Å². The molecule has 0 bridgehead atoms. The minimum Gasteiger partial charge on any atom is -0.467 e. The van der Waals surface area contributed by atoms with Crippen LogP contribution in [0.25, 0.3) is 0 Å². The average molecular weight is 331 g/mol. The maximum atomic E-state index is 11.8. The molecular weight excluding hydrogens is 320 g/mol. The second-order valence-electron chi connectivity index (χ2n) is 3.64. The Labute approximate surface area is 117 Å². The SMILES string of the molecule is COC(=O)C(C)NC(=O)c1ccc(Br)c([N+](=O)[O-])c1. The van der Waals surface area contributed by atoms with Gasteiger partial charge in [-0.3, -0.25) is 14.9 Å². The first-order valence-corrected chi connectivity index (χ1v) is 5.98. The molecule has 0 fully saturated rings. The van der Waals surface area contributed by atoms with Crippen LogP contribution in [0.2, 0.25) is 0 Å². The monoisotopic (exact) mass is 330 g/mol. The molecule has 0 spiro atoms. The van der Waals surface area contributed by atoms with Crippen LogP contribution in [0.4, 0.5) is 5.69 Å². The molecule has 0 saturated carbocycles. The summed E-state index contributed by atoms with van der Waals surface area (Å²) in [6.07, 6.45) is 0. The molecule has 1 unspecified atom stereocenters. The quantitative estimate of drug-likeness (QED) is 0.514. The van der Waals surface area contributed by atoms with E-state index in [1.165, 1.54) is 26.2 Å². The fraction of sp³-hybridized carbons (Fsp3) is 0.273. The highest BCUT2D eigenvalue weighted by Gasteiger charge is 2.20. The Balaban J connectivity index is 2.92. The van der Waals surface area contributed by atoms with Crippen LogP contribution in [-0.4, -0.2) is 30.0 Å². The highest BCUT2D eigenvalue weighted by molar-refractivity contribution is 9.10. The first kappa shape index (κ1) is 15.1. The number of hydrogen-bond acceptors (Lipinski definition) is 5. The number of nitrogens with one attached hydrogen (secondary N) is 1. The van der Waals surface area contributed by atoms with Crippen LogP contribution in [0.3, 0.4) is 0 Å². The Morgan fingerprint density at radius 2 is 2.11 bits per heavy atom. The Bertz CT molecular complexity index is 532. The molecule has 1 amide bonds. The lowest BCUT2D eigenvalue weighted by atomic mass is 10.2. The van der Waals surface area contributed by atoms with Gasteiger partial charge in [-0.15, -0.1) is 0 Å². The molecule has 102 valence electrons. The molecule has 1 rings (SSSR count). The fourth-order valence-corrected chi connectivity index (χ4v) is 1.70. The summed E-state index contributed by atoms with van der Waals surface area (Å²) in [5.41, 5.74) is -0.135. The third kappa shape index (κ3) is 3.75. The van der Waals surface area contributed by atoms with Crippen molar-refractivity contribution >= 4 is 33.5 Å². The molecule has 1 atom stereocenters. The van der Waals surface area contributed by atoms with Crippen molar-refractivity contribution in [3.63, 3.8) is 0 Å². The predicted octanol–water partition coefficient (Wildman–Crippen LogP) is 1.65. The number of ether oxygens (including phenoxy) is 1. The van der Waals surface area contributed by atoms with Crippen molar-refractivity contribution in [2.45, 2.75) is 13.0 Å². The number of hydrogen-bond donors (Lipinski definition) is 1. The summed E-state index contributed by atoms with van der Waals surface area (Å²) in [6.45, 7) is 1.46. The van der Waals surface area contributed by atoms with Crippen molar-refractivity contribution in [3.8, 4) is 0 Å². The number of methoxy groups -OCH3 is 1. The van der Waals surface area contributed by atoms with Gasteiger partial charge in [0.2, 0.25) is 0 Å². The van der Waals surface area contributed by atoms with Crippen LogP contribution < -0.4 is 5.32 Å². The summed E-state index contributed by atoms with van der Waals surface area (Å²) in [6, 6.07) is 3.11. The Morgan fingerprint density at radius 3 is 2.63 bits per heavy atom. The summed E-state index contributed by atoms with van der Waals surface area (Å²) in [5, 5.41) is 13.1.